The van der Waals surface area contributed by atoms with Crippen LogP contribution in [0.25, 0.3) is 108 Å². The van der Waals surface area contributed by atoms with E-state index in [-0.39, 0.29) is 0 Å². The van der Waals surface area contributed by atoms with Gasteiger partial charge in [0, 0.05) is 22.1 Å². The molecule has 0 spiro atoms. The summed E-state index contributed by atoms with van der Waals surface area (Å²) < 4.78 is 0. The van der Waals surface area contributed by atoms with E-state index >= 15 is 0 Å². The summed E-state index contributed by atoms with van der Waals surface area (Å²) in [5.41, 5.74) is 8.21. The molecule has 0 heterocycles. The van der Waals surface area contributed by atoms with Crippen molar-refractivity contribution < 1.29 is 0 Å². The van der Waals surface area contributed by atoms with E-state index in [9.17, 15) is 0 Å². The standard InChI is InChI=1S/C60H37N/c1-2-10-38(11-3-1)39-22-24-40(25-23-39)41-30-32-47(33-31-41)61(48-34-35-50-45(36-48)29-26-42-12-4-5-16-49(42)50)56-37-46-15-8-19-52-51-17-6-13-43-27-28-44-14-7-18-53(58(44)57(43)51)54-20-9-21-55(56)60(54)59(46)52/h1-37H. The van der Waals surface area contributed by atoms with Gasteiger partial charge in [-0.3, -0.25) is 0 Å². The molecular formula is C60H37N. The van der Waals surface area contributed by atoms with Gasteiger partial charge in [-0.15, -0.1) is 0 Å². The maximum Gasteiger partial charge on any atom is 0.0546 e. The van der Waals surface area contributed by atoms with Crippen LogP contribution in [0.15, 0.2) is 224 Å². The average molecular weight is 772 g/mol. The van der Waals surface area contributed by atoms with E-state index < -0.39 is 0 Å². The SMILES string of the molecule is c1ccc(-c2ccc(-c3ccc(N(c4ccc5c(ccc6ccccc65)c4)c4cc5cccc6c7cccc8ccc9cccc(c%10cccc4c%10c56)c9c87)cc3)cc2)cc1. The number of benzene rings is 12. The van der Waals surface area contributed by atoms with Crippen molar-refractivity contribution >= 4 is 103 Å². The molecule has 0 saturated heterocycles. The Bertz CT molecular complexity index is 3840. The van der Waals surface area contributed by atoms with Gasteiger partial charge < -0.3 is 4.90 Å². The molecule has 0 N–H and O–H groups in total. The Kier molecular flexibility index (Phi) is 7.37. The summed E-state index contributed by atoms with van der Waals surface area (Å²) in [6.07, 6.45) is 0. The molecule has 0 aromatic heterocycles. The Balaban J connectivity index is 1.08. The molecule has 0 atom stereocenters. The molecular weight excluding hydrogens is 735 g/mol. The number of rotatable bonds is 5. The van der Waals surface area contributed by atoms with Gasteiger partial charge in [0.25, 0.3) is 0 Å². The van der Waals surface area contributed by atoms with Crippen LogP contribution < -0.4 is 4.90 Å². The zero-order valence-electron chi connectivity index (χ0n) is 33.3. The summed E-state index contributed by atoms with van der Waals surface area (Å²) in [6.45, 7) is 0. The van der Waals surface area contributed by atoms with E-state index in [0.29, 0.717) is 0 Å². The molecule has 13 aromatic rings. The third-order valence-electron chi connectivity index (χ3n) is 13.1. The highest BCUT2D eigenvalue weighted by molar-refractivity contribution is 6.38. The van der Waals surface area contributed by atoms with Gasteiger partial charge in [-0.25, -0.2) is 0 Å². The van der Waals surface area contributed by atoms with Crippen LogP contribution in [-0.4, -0.2) is 0 Å². The molecule has 61 heavy (non-hydrogen) atoms. The van der Waals surface area contributed by atoms with Gasteiger partial charge in [0.2, 0.25) is 0 Å². The van der Waals surface area contributed by atoms with E-state index in [1.54, 1.807) is 0 Å². The molecule has 0 bridgehead atoms. The molecule has 0 fully saturated rings. The first-order valence-corrected chi connectivity index (χ1v) is 21.2. The van der Waals surface area contributed by atoms with Gasteiger partial charge in [0.15, 0.2) is 0 Å². The zero-order valence-corrected chi connectivity index (χ0v) is 33.3. The fourth-order valence-electron chi connectivity index (χ4n) is 10.3. The normalized spacial score (nSPS) is 11.9. The van der Waals surface area contributed by atoms with Crippen LogP contribution >= 0.6 is 0 Å². The third kappa shape index (κ3) is 5.21. The summed E-state index contributed by atoms with van der Waals surface area (Å²) in [7, 11) is 0. The van der Waals surface area contributed by atoms with Crippen LogP contribution in [0.5, 0.6) is 0 Å². The average Bonchev–Trinajstić information content (AvgIpc) is 3.33. The van der Waals surface area contributed by atoms with Crippen LogP contribution in [0, 0.1) is 0 Å². The zero-order chi connectivity index (χ0) is 40.0. The van der Waals surface area contributed by atoms with Gasteiger partial charge in [0.1, 0.15) is 0 Å². The Morgan fingerprint density at radius 2 is 0.639 bits per heavy atom. The van der Waals surface area contributed by atoms with Crippen LogP contribution in [0.1, 0.15) is 0 Å². The van der Waals surface area contributed by atoms with E-state index in [0.717, 1.165) is 17.1 Å². The molecule has 13 aromatic carbocycles. The second kappa shape index (κ2) is 13.3. The summed E-state index contributed by atoms with van der Waals surface area (Å²) >= 11 is 0. The number of anilines is 3. The number of fused-ring (bicyclic) bond motifs is 5. The molecule has 0 radical (unpaired) electrons. The van der Waals surface area contributed by atoms with E-state index in [2.05, 4.69) is 229 Å². The van der Waals surface area contributed by atoms with E-state index in [4.69, 9.17) is 0 Å². The third-order valence-corrected chi connectivity index (χ3v) is 13.1. The Labute approximate surface area is 353 Å². The van der Waals surface area contributed by atoms with Crippen molar-refractivity contribution in [3.8, 4) is 22.3 Å². The molecule has 282 valence electrons. The maximum absolute atomic E-state index is 2.48. The molecule has 0 aliphatic heterocycles. The molecule has 13 rings (SSSR count). The quantitative estimate of drug-likeness (QED) is 0.158. The Morgan fingerprint density at radius 3 is 1.31 bits per heavy atom. The number of nitrogens with zero attached hydrogens (tertiary/aromatic N) is 1. The lowest BCUT2D eigenvalue weighted by Crippen LogP contribution is -2.11. The smallest absolute Gasteiger partial charge is 0.0546 e. The first-order chi connectivity index (χ1) is 30.2. The first kappa shape index (κ1) is 33.9. The van der Waals surface area contributed by atoms with Crippen molar-refractivity contribution in [2.75, 3.05) is 4.90 Å². The summed E-state index contributed by atoms with van der Waals surface area (Å²) in [4.78, 5) is 2.48. The summed E-state index contributed by atoms with van der Waals surface area (Å²) in [5, 5.41) is 20.3. The first-order valence-electron chi connectivity index (χ1n) is 21.2. The predicted octanol–water partition coefficient (Wildman–Crippen LogP) is 17.2. The Morgan fingerprint density at radius 1 is 0.213 bits per heavy atom. The van der Waals surface area contributed by atoms with Gasteiger partial charge in [-0.1, -0.05) is 194 Å². The lowest BCUT2D eigenvalue weighted by Gasteiger charge is -2.29. The molecule has 0 aliphatic carbocycles. The minimum Gasteiger partial charge on any atom is -0.310 e. The van der Waals surface area contributed by atoms with E-state index in [1.807, 2.05) is 0 Å². The van der Waals surface area contributed by atoms with Crippen molar-refractivity contribution in [2.24, 2.45) is 0 Å². The predicted molar refractivity (Wildman–Crippen MR) is 263 cm³/mol. The molecule has 0 amide bonds. The topological polar surface area (TPSA) is 3.24 Å². The molecule has 0 aliphatic rings. The highest BCUT2D eigenvalue weighted by Crippen LogP contribution is 2.48. The highest BCUT2D eigenvalue weighted by atomic mass is 15.1. The lowest BCUT2D eigenvalue weighted by molar-refractivity contribution is 1.31. The van der Waals surface area contributed by atoms with Crippen LogP contribution in [0.2, 0.25) is 0 Å². The summed E-state index contributed by atoms with van der Waals surface area (Å²) in [5.74, 6) is 0. The highest BCUT2D eigenvalue weighted by Gasteiger charge is 2.22. The second-order valence-electron chi connectivity index (χ2n) is 16.4. The Hall–Kier alpha value is -8.00. The van der Waals surface area contributed by atoms with Crippen LogP contribution in [0.3, 0.4) is 0 Å². The van der Waals surface area contributed by atoms with Crippen LogP contribution in [0.4, 0.5) is 17.1 Å². The molecule has 1 nitrogen and oxygen atoms in total. The molecule has 0 saturated carbocycles. The van der Waals surface area contributed by atoms with Crippen molar-refractivity contribution in [1.29, 1.82) is 0 Å². The molecule has 1 heteroatoms. The maximum atomic E-state index is 2.48. The minimum absolute atomic E-state index is 1.11. The number of hydrogen-bond acceptors (Lipinski definition) is 1. The number of hydrogen-bond donors (Lipinski definition) is 0. The van der Waals surface area contributed by atoms with Crippen molar-refractivity contribution in [3.63, 3.8) is 0 Å². The fourth-order valence-corrected chi connectivity index (χ4v) is 10.3. The van der Waals surface area contributed by atoms with Crippen molar-refractivity contribution in [2.45, 2.75) is 0 Å². The van der Waals surface area contributed by atoms with Gasteiger partial charge in [-0.05, 0) is 128 Å². The fraction of sp³-hybridized carbons (Fsp3) is 0. The van der Waals surface area contributed by atoms with Gasteiger partial charge in [0.05, 0.1) is 5.69 Å². The second-order valence-corrected chi connectivity index (χ2v) is 16.4. The summed E-state index contributed by atoms with van der Waals surface area (Å²) in [6, 6.07) is 83.3. The van der Waals surface area contributed by atoms with Gasteiger partial charge in [-0.2, -0.15) is 0 Å². The molecule has 0 unspecified atom stereocenters. The lowest BCUT2D eigenvalue weighted by atomic mass is 9.87. The monoisotopic (exact) mass is 771 g/mol. The van der Waals surface area contributed by atoms with Crippen molar-refractivity contribution in [3.05, 3.63) is 224 Å². The van der Waals surface area contributed by atoms with Crippen molar-refractivity contribution in [1.82, 2.24) is 0 Å². The van der Waals surface area contributed by atoms with Gasteiger partial charge >= 0.3 is 0 Å². The van der Waals surface area contributed by atoms with Crippen LogP contribution in [-0.2, 0) is 0 Å². The minimum atomic E-state index is 1.11. The van der Waals surface area contributed by atoms with E-state index in [1.165, 1.54) is 108 Å². The largest absolute Gasteiger partial charge is 0.310 e.